The van der Waals surface area contributed by atoms with E-state index in [9.17, 15) is 22.8 Å². The fourth-order valence-corrected chi connectivity index (χ4v) is 4.44. The van der Waals surface area contributed by atoms with E-state index in [1.807, 2.05) is 20.8 Å². The molecule has 2 amide bonds. The second-order valence-electron chi connectivity index (χ2n) is 10.7. The number of oxazole rings is 1. The third-order valence-electron chi connectivity index (χ3n) is 6.56. The molecular formula is C27H32F3N5O4. The van der Waals surface area contributed by atoms with Gasteiger partial charge in [0, 0.05) is 35.5 Å². The number of likely N-dealkylation sites (tertiary alicyclic amines) is 1. The Balaban J connectivity index is 1.70. The molecule has 9 nitrogen and oxygen atoms in total. The van der Waals surface area contributed by atoms with Crippen molar-refractivity contribution in [3.8, 4) is 17.2 Å². The van der Waals surface area contributed by atoms with Crippen LogP contribution in [0.1, 0.15) is 68.5 Å². The summed E-state index contributed by atoms with van der Waals surface area (Å²) >= 11 is 0. The van der Waals surface area contributed by atoms with Crippen LogP contribution in [0.4, 0.5) is 13.2 Å². The van der Waals surface area contributed by atoms with E-state index in [1.54, 1.807) is 17.9 Å². The number of nitrogens with two attached hydrogens (primary N) is 1. The van der Waals surface area contributed by atoms with Crippen molar-refractivity contribution in [3.63, 3.8) is 0 Å². The van der Waals surface area contributed by atoms with E-state index in [0.717, 1.165) is 12.5 Å². The van der Waals surface area contributed by atoms with Crippen LogP contribution in [0.5, 0.6) is 5.75 Å². The number of nitrogens with one attached hydrogen (secondary N) is 1. The molecule has 1 aliphatic rings. The van der Waals surface area contributed by atoms with Gasteiger partial charge in [0.05, 0.1) is 13.2 Å². The van der Waals surface area contributed by atoms with Gasteiger partial charge in [-0.05, 0) is 44.0 Å². The number of aromatic nitrogens is 2. The lowest BCUT2D eigenvalue weighted by Crippen LogP contribution is -2.51. The minimum atomic E-state index is -4.64. The van der Waals surface area contributed by atoms with Crippen LogP contribution in [-0.2, 0) is 11.0 Å². The first-order chi connectivity index (χ1) is 18.2. The average molecular weight is 548 g/mol. The van der Waals surface area contributed by atoms with Crippen LogP contribution in [0.15, 0.2) is 28.7 Å². The van der Waals surface area contributed by atoms with Crippen molar-refractivity contribution in [3.05, 3.63) is 41.4 Å². The predicted octanol–water partition coefficient (Wildman–Crippen LogP) is 4.70. The summed E-state index contributed by atoms with van der Waals surface area (Å²) < 4.78 is 51.2. The smallest absolute Gasteiger partial charge is 0.433 e. The molecule has 4 rings (SSSR count). The zero-order valence-corrected chi connectivity index (χ0v) is 22.5. The lowest BCUT2D eigenvalue weighted by atomic mass is 9.94. The highest BCUT2D eigenvalue weighted by atomic mass is 19.4. The number of fused-ring (bicyclic) bond motifs is 1. The van der Waals surface area contributed by atoms with Crippen LogP contribution in [-0.4, -0.2) is 52.9 Å². The molecule has 3 aromatic rings. The summed E-state index contributed by atoms with van der Waals surface area (Å²) in [5.41, 5.74) is 4.83. The van der Waals surface area contributed by atoms with Gasteiger partial charge in [-0.3, -0.25) is 9.59 Å². The SMILES string of the molecule is COc1ccc(-c2nc(C(=O)N3CCC[C@H](NC(=O)C(C)(C)C)C3)c([C@H](C)N)o2)c2ccc(C(F)(F)F)nc12. The Morgan fingerprint density at radius 2 is 1.90 bits per heavy atom. The first-order valence-corrected chi connectivity index (χ1v) is 12.6. The minimum Gasteiger partial charge on any atom is -0.494 e. The lowest BCUT2D eigenvalue weighted by Gasteiger charge is -2.34. The molecule has 210 valence electrons. The number of benzene rings is 1. The van der Waals surface area contributed by atoms with Gasteiger partial charge < -0.3 is 25.1 Å². The summed E-state index contributed by atoms with van der Waals surface area (Å²) in [4.78, 5) is 35.9. The minimum absolute atomic E-state index is 0.0200. The fourth-order valence-electron chi connectivity index (χ4n) is 4.44. The van der Waals surface area contributed by atoms with E-state index in [2.05, 4.69) is 15.3 Å². The third-order valence-corrected chi connectivity index (χ3v) is 6.56. The van der Waals surface area contributed by atoms with E-state index in [1.165, 1.54) is 19.2 Å². The molecule has 3 heterocycles. The third kappa shape index (κ3) is 5.85. The predicted molar refractivity (Wildman–Crippen MR) is 138 cm³/mol. The quantitative estimate of drug-likeness (QED) is 0.474. The molecular weight excluding hydrogens is 515 g/mol. The van der Waals surface area contributed by atoms with Crippen molar-refractivity contribution < 1.29 is 31.9 Å². The first kappa shape index (κ1) is 28.3. The number of ether oxygens (including phenoxy) is 1. The summed E-state index contributed by atoms with van der Waals surface area (Å²) in [5.74, 6) is -0.182. The van der Waals surface area contributed by atoms with Crippen LogP contribution >= 0.6 is 0 Å². The molecule has 2 aromatic heterocycles. The zero-order valence-electron chi connectivity index (χ0n) is 22.5. The Bertz CT molecular complexity index is 1390. The summed E-state index contributed by atoms with van der Waals surface area (Å²) in [6.45, 7) is 7.88. The highest BCUT2D eigenvalue weighted by Gasteiger charge is 2.35. The number of amides is 2. The highest BCUT2D eigenvalue weighted by molar-refractivity contribution is 5.98. The normalized spacial score (nSPS) is 17.3. The second kappa shape index (κ2) is 10.5. The molecule has 0 aliphatic carbocycles. The molecule has 0 spiro atoms. The van der Waals surface area contributed by atoms with E-state index < -0.39 is 29.2 Å². The van der Waals surface area contributed by atoms with Gasteiger partial charge >= 0.3 is 6.18 Å². The Morgan fingerprint density at radius 1 is 1.18 bits per heavy atom. The summed E-state index contributed by atoms with van der Waals surface area (Å²) in [6.07, 6.45) is -3.21. The molecule has 1 fully saturated rings. The second-order valence-corrected chi connectivity index (χ2v) is 10.7. The van der Waals surface area contributed by atoms with Crippen LogP contribution in [0.3, 0.4) is 0 Å². The molecule has 12 heteroatoms. The number of alkyl halides is 3. The van der Waals surface area contributed by atoms with Crippen molar-refractivity contribution in [2.75, 3.05) is 20.2 Å². The standard InChI is InChI=1S/C27H32F3N5O4/c1-14(31)22-21(24(36)35-12-6-7-15(13-35)32-25(37)26(2,3)4)34-23(39-22)17-8-10-18(38-5)20-16(17)9-11-19(33-20)27(28,29)30/h8-11,14-15H,6-7,12-13,31H2,1-5H3,(H,32,37)/t14-,15-/m0/s1. The molecule has 0 unspecified atom stereocenters. The molecule has 1 saturated heterocycles. The van der Waals surface area contributed by atoms with E-state index in [4.69, 9.17) is 14.9 Å². The first-order valence-electron chi connectivity index (χ1n) is 12.6. The van der Waals surface area contributed by atoms with Crippen LogP contribution in [0.2, 0.25) is 0 Å². The lowest BCUT2D eigenvalue weighted by molar-refractivity contribution is -0.141. The number of hydrogen-bond donors (Lipinski definition) is 2. The van der Waals surface area contributed by atoms with Gasteiger partial charge in [-0.15, -0.1) is 0 Å². The van der Waals surface area contributed by atoms with Gasteiger partial charge in [-0.1, -0.05) is 20.8 Å². The number of carbonyl (C=O) groups is 2. The number of pyridine rings is 1. The summed E-state index contributed by atoms with van der Waals surface area (Å²) in [5, 5.41) is 3.32. The summed E-state index contributed by atoms with van der Waals surface area (Å²) in [6, 6.07) is 4.29. The topological polar surface area (TPSA) is 124 Å². The van der Waals surface area contributed by atoms with E-state index >= 15 is 0 Å². The maximum atomic E-state index is 13.6. The molecule has 3 N–H and O–H groups in total. The van der Waals surface area contributed by atoms with Crippen LogP contribution in [0.25, 0.3) is 22.4 Å². The monoisotopic (exact) mass is 547 g/mol. The largest absolute Gasteiger partial charge is 0.494 e. The number of nitrogens with zero attached hydrogens (tertiary/aromatic N) is 3. The number of rotatable bonds is 5. The molecule has 1 aliphatic heterocycles. The summed E-state index contributed by atoms with van der Waals surface area (Å²) in [7, 11) is 1.34. The van der Waals surface area contributed by atoms with Gasteiger partial charge in [0.1, 0.15) is 17.0 Å². The fraction of sp³-hybridized carbons (Fsp3) is 0.481. The molecule has 0 radical (unpaired) electrons. The van der Waals surface area contributed by atoms with Crippen molar-refractivity contribution in [1.29, 1.82) is 0 Å². The Hall–Kier alpha value is -3.67. The molecule has 0 bridgehead atoms. The maximum Gasteiger partial charge on any atom is 0.433 e. The Labute approximate surface area is 223 Å². The Morgan fingerprint density at radius 3 is 2.51 bits per heavy atom. The van der Waals surface area contributed by atoms with Gasteiger partial charge in [0.2, 0.25) is 11.8 Å². The molecule has 39 heavy (non-hydrogen) atoms. The van der Waals surface area contributed by atoms with E-state index in [0.29, 0.717) is 30.5 Å². The van der Waals surface area contributed by atoms with E-state index in [-0.39, 0.29) is 40.6 Å². The average Bonchev–Trinajstić information content (AvgIpc) is 3.32. The number of hydrogen-bond acceptors (Lipinski definition) is 7. The molecule has 2 atom stereocenters. The molecule has 1 aromatic carbocycles. The number of carbonyl (C=O) groups excluding carboxylic acids is 2. The van der Waals surface area contributed by atoms with Crippen LogP contribution < -0.4 is 15.8 Å². The van der Waals surface area contributed by atoms with Gasteiger partial charge in [0.15, 0.2) is 11.5 Å². The van der Waals surface area contributed by atoms with Crippen LogP contribution in [0, 0.1) is 5.41 Å². The van der Waals surface area contributed by atoms with Gasteiger partial charge in [-0.25, -0.2) is 9.97 Å². The van der Waals surface area contributed by atoms with Gasteiger partial charge in [0.25, 0.3) is 5.91 Å². The van der Waals surface area contributed by atoms with Crippen molar-refractivity contribution in [2.45, 2.75) is 58.8 Å². The maximum absolute atomic E-state index is 13.6. The van der Waals surface area contributed by atoms with Gasteiger partial charge in [-0.2, -0.15) is 13.2 Å². The number of halogens is 3. The zero-order chi connectivity index (χ0) is 28.7. The Kier molecular flexibility index (Phi) is 7.61. The van der Waals surface area contributed by atoms with Crippen molar-refractivity contribution in [1.82, 2.24) is 20.2 Å². The highest BCUT2D eigenvalue weighted by Crippen LogP contribution is 2.37. The number of piperidine rings is 1. The number of methoxy groups -OCH3 is 1. The van der Waals surface area contributed by atoms with Crippen molar-refractivity contribution >= 4 is 22.7 Å². The van der Waals surface area contributed by atoms with Crippen molar-refractivity contribution in [2.24, 2.45) is 11.1 Å². The molecule has 0 saturated carbocycles.